The number of carbonyl (C=O) groups is 2. The van der Waals surface area contributed by atoms with Crippen molar-refractivity contribution in [2.24, 2.45) is 13.0 Å². The molecule has 4 fully saturated rings. The van der Waals surface area contributed by atoms with E-state index in [1.165, 1.54) is 17.8 Å². The van der Waals surface area contributed by atoms with Crippen molar-refractivity contribution in [1.29, 1.82) is 0 Å². The van der Waals surface area contributed by atoms with Crippen molar-refractivity contribution in [2.75, 3.05) is 11.9 Å². The molecule has 4 saturated carbocycles. The molecule has 2 amide bonds. The molecule has 2 aromatic heterocycles. The van der Waals surface area contributed by atoms with Crippen LogP contribution in [0.3, 0.4) is 0 Å². The van der Waals surface area contributed by atoms with Crippen LogP contribution >= 0.6 is 0 Å². The number of nitrogens with zero attached hydrogens (tertiary/aromatic N) is 3. The molecule has 4 aliphatic rings. The molecule has 14 heteroatoms. The lowest BCUT2D eigenvalue weighted by atomic mass is 9.50. The van der Waals surface area contributed by atoms with E-state index in [1.54, 1.807) is 6.07 Å². The zero-order valence-corrected chi connectivity index (χ0v) is 19.4. The quantitative estimate of drug-likeness (QED) is 0.465. The second-order valence-electron chi connectivity index (χ2n) is 9.93. The molecule has 0 spiro atoms. The molecule has 3 N–H and O–H groups in total. The number of ether oxygens (including phenoxy) is 2. The summed E-state index contributed by atoms with van der Waals surface area (Å²) in [4.78, 5) is 24.8. The van der Waals surface area contributed by atoms with Crippen LogP contribution in [0.1, 0.15) is 59.9 Å². The molecule has 196 valence electrons. The minimum Gasteiger partial charge on any atom is -0.443 e. The Morgan fingerprint density at radius 2 is 2.00 bits per heavy atom. The van der Waals surface area contributed by atoms with Gasteiger partial charge in [-0.3, -0.25) is 14.6 Å². The molecule has 36 heavy (non-hydrogen) atoms. The van der Waals surface area contributed by atoms with E-state index in [9.17, 15) is 27.2 Å². The average molecular weight is 514 g/mol. The number of H-pyrrole nitrogens is 1. The smallest absolute Gasteiger partial charge is 0.411 e. The van der Waals surface area contributed by atoms with Gasteiger partial charge >= 0.3 is 12.3 Å². The van der Waals surface area contributed by atoms with Gasteiger partial charge in [0, 0.05) is 30.3 Å². The summed E-state index contributed by atoms with van der Waals surface area (Å²) in [6.07, 6.45) is -3.92. The zero-order valence-electron chi connectivity index (χ0n) is 19.4. The number of rotatable bonds is 8. The van der Waals surface area contributed by atoms with Crippen LogP contribution in [0.25, 0.3) is 0 Å². The first-order valence-electron chi connectivity index (χ1n) is 11.7. The average Bonchev–Trinajstić information content (AvgIpc) is 3.42. The summed E-state index contributed by atoms with van der Waals surface area (Å²) >= 11 is 0. The Kier molecular flexibility index (Phi) is 6.17. The Balaban J connectivity index is 1.13. The lowest BCUT2D eigenvalue weighted by Gasteiger charge is -2.61. The molecule has 2 heterocycles. The third-order valence-electron chi connectivity index (χ3n) is 7.05. The van der Waals surface area contributed by atoms with Crippen LogP contribution in [0.4, 0.5) is 28.2 Å². The van der Waals surface area contributed by atoms with Crippen LogP contribution in [0.5, 0.6) is 0 Å². The molecule has 2 bridgehead atoms. The Bertz CT molecular complexity index is 1130. The predicted octanol–water partition coefficient (Wildman–Crippen LogP) is 3.34. The monoisotopic (exact) mass is 514 g/mol. The number of aromatic amines is 1. The van der Waals surface area contributed by atoms with Crippen molar-refractivity contribution in [2.45, 2.75) is 68.6 Å². The fraction of sp³-hybridized carbons (Fsp3) is 0.636. The summed E-state index contributed by atoms with van der Waals surface area (Å²) < 4.78 is 62.4. The van der Waals surface area contributed by atoms with Crippen LogP contribution in [-0.2, 0) is 23.1 Å². The van der Waals surface area contributed by atoms with E-state index in [0.717, 1.165) is 19.3 Å². The number of aryl methyl sites for hydroxylation is 1. The first-order chi connectivity index (χ1) is 17.0. The highest BCUT2D eigenvalue weighted by Crippen LogP contribution is 2.57. The molecular weight excluding hydrogens is 488 g/mol. The van der Waals surface area contributed by atoms with Crippen LogP contribution in [0.2, 0.25) is 0 Å². The van der Waals surface area contributed by atoms with Crippen LogP contribution < -0.4 is 10.6 Å². The Hall–Kier alpha value is -3.16. The number of halogens is 4. The summed E-state index contributed by atoms with van der Waals surface area (Å²) in [5.41, 5.74) is 0.703. The SMILES string of the molecule is Cn1nc(COCC(F)(F)F)cc1C(=O)Nc1cc([C@@H]2C[C@H](OC(=O)NC34CC(C3)C4)[C@@H](F)C2)[nH]n1. The number of anilines is 1. The van der Waals surface area contributed by atoms with Crippen molar-refractivity contribution in [3.05, 3.63) is 29.2 Å². The molecule has 3 atom stereocenters. The van der Waals surface area contributed by atoms with E-state index < -0.39 is 43.7 Å². The number of aromatic nitrogens is 4. The van der Waals surface area contributed by atoms with Gasteiger partial charge in [0.1, 0.15) is 24.6 Å². The van der Waals surface area contributed by atoms with Crippen LogP contribution in [0.15, 0.2) is 12.1 Å². The number of alkyl carbamates (subject to hydrolysis) is 1. The highest BCUT2D eigenvalue weighted by atomic mass is 19.4. The van der Waals surface area contributed by atoms with Gasteiger partial charge in [0.15, 0.2) is 5.82 Å². The maximum atomic E-state index is 14.6. The Labute approximate surface area is 203 Å². The molecule has 4 aliphatic carbocycles. The molecular formula is C22H26F4N6O4. The number of alkyl halides is 4. The zero-order chi connectivity index (χ0) is 25.7. The number of nitrogens with one attached hydrogen (secondary N) is 3. The summed E-state index contributed by atoms with van der Waals surface area (Å²) in [7, 11) is 1.47. The van der Waals surface area contributed by atoms with Gasteiger partial charge in [-0.05, 0) is 44.1 Å². The molecule has 0 aromatic carbocycles. The minimum atomic E-state index is -4.46. The third-order valence-corrected chi connectivity index (χ3v) is 7.05. The maximum absolute atomic E-state index is 14.6. The molecule has 6 rings (SSSR count). The third kappa shape index (κ3) is 5.18. The van der Waals surface area contributed by atoms with Crippen molar-refractivity contribution in [1.82, 2.24) is 25.3 Å². The summed E-state index contributed by atoms with van der Waals surface area (Å²) in [6.45, 7) is -1.82. The van der Waals surface area contributed by atoms with E-state index in [0.29, 0.717) is 11.6 Å². The van der Waals surface area contributed by atoms with Gasteiger partial charge in [0.2, 0.25) is 0 Å². The fourth-order valence-electron chi connectivity index (χ4n) is 5.21. The highest BCUT2D eigenvalue weighted by Gasteiger charge is 2.58. The Morgan fingerprint density at radius 1 is 1.25 bits per heavy atom. The highest BCUT2D eigenvalue weighted by molar-refractivity contribution is 6.02. The first-order valence-corrected chi connectivity index (χ1v) is 11.7. The Morgan fingerprint density at radius 3 is 2.67 bits per heavy atom. The predicted molar refractivity (Wildman–Crippen MR) is 116 cm³/mol. The van der Waals surface area contributed by atoms with E-state index in [-0.39, 0.29) is 41.5 Å². The second-order valence-corrected chi connectivity index (χ2v) is 9.93. The van der Waals surface area contributed by atoms with Gasteiger partial charge in [-0.2, -0.15) is 23.4 Å². The summed E-state index contributed by atoms with van der Waals surface area (Å²) in [5, 5.41) is 16.3. The summed E-state index contributed by atoms with van der Waals surface area (Å²) in [5.74, 6) is 0.0287. The van der Waals surface area contributed by atoms with Crippen molar-refractivity contribution >= 4 is 17.8 Å². The fourth-order valence-corrected chi connectivity index (χ4v) is 5.21. The lowest BCUT2D eigenvalue weighted by molar-refractivity contribution is -0.176. The molecule has 10 nitrogen and oxygen atoms in total. The van der Waals surface area contributed by atoms with Crippen LogP contribution in [-0.4, -0.2) is 62.6 Å². The molecule has 0 unspecified atom stereocenters. The first kappa shape index (κ1) is 24.5. The van der Waals surface area contributed by atoms with E-state index in [2.05, 4.69) is 30.7 Å². The normalized spacial score (nSPS) is 28.8. The van der Waals surface area contributed by atoms with Gasteiger partial charge in [-0.1, -0.05) is 0 Å². The minimum absolute atomic E-state index is 0.0954. The number of carbonyl (C=O) groups excluding carboxylic acids is 2. The standard InChI is InChI=1S/C22H26F4N6O4/c1-32-16(4-13(31-32)9-35-10-22(24,25)26)19(33)27-18-5-15(29-30-18)12-2-14(23)17(3-12)36-20(34)28-21-6-11(7-21)8-21/h4-5,11-12,14,17H,2-3,6-10H2,1H3,(H,28,34)(H2,27,29,30,33)/t11?,12-,14-,17-,21?/m0/s1. The maximum Gasteiger partial charge on any atom is 0.411 e. The second kappa shape index (κ2) is 9.05. The van der Waals surface area contributed by atoms with E-state index >= 15 is 0 Å². The van der Waals surface area contributed by atoms with Gasteiger partial charge in [-0.25, -0.2) is 9.18 Å². The van der Waals surface area contributed by atoms with Crippen molar-refractivity contribution < 1.29 is 36.6 Å². The molecule has 2 aromatic rings. The van der Waals surface area contributed by atoms with Gasteiger partial charge in [0.05, 0.1) is 12.3 Å². The number of amides is 2. The molecule has 0 aliphatic heterocycles. The van der Waals surface area contributed by atoms with Crippen LogP contribution in [0, 0.1) is 5.92 Å². The van der Waals surface area contributed by atoms with Gasteiger partial charge < -0.3 is 20.1 Å². The van der Waals surface area contributed by atoms with Gasteiger partial charge in [-0.15, -0.1) is 0 Å². The number of hydrogen-bond donors (Lipinski definition) is 3. The van der Waals surface area contributed by atoms with E-state index in [4.69, 9.17) is 4.74 Å². The largest absolute Gasteiger partial charge is 0.443 e. The van der Waals surface area contributed by atoms with Crippen molar-refractivity contribution in [3.8, 4) is 0 Å². The molecule has 0 radical (unpaired) electrons. The molecule has 0 saturated heterocycles. The topological polar surface area (TPSA) is 123 Å². The lowest BCUT2D eigenvalue weighted by Crippen LogP contribution is -2.68. The number of hydrogen-bond acceptors (Lipinski definition) is 6. The van der Waals surface area contributed by atoms with Crippen molar-refractivity contribution in [3.63, 3.8) is 0 Å². The summed E-state index contributed by atoms with van der Waals surface area (Å²) in [6, 6.07) is 2.90. The van der Waals surface area contributed by atoms with Gasteiger partial charge in [0.25, 0.3) is 5.91 Å². The van der Waals surface area contributed by atoms with E-state index in [1.807, 2.05) is 0 Å².